The second kappa shape index (κ2) is 17.8. The first-order chi connectivity index (χ1) is 19.5. The van der Waals surface area contributed by atoms with E-state index in [1.165, 1.54) is 12.1 Å². The second-order valence-corrected chi connectivity index (χ2v) is 8.83. The zero-order chi connectivity index (χ0) is 28.5. The molecule has 0 atom stereocenters. The van der Waals surface area contributed by atoms with Crippen LogP contribution in [-0.4, -0.2) is 78.0 Å². The molecule has 3 rings (SSSR count). The van der Waals surface area contributed by atoms with E-state index >= 15 is 0 Å². The molecule has 1 aromatic heterocycles. The van der Waals surface area contributed by atoms with E-state index < -0.39 is 11.7 Å². The van der Waals surface area contributed by atoms with Crippen molar-refractivity contribution in [2.45, 2.75) is 12.8 Å². The van der Waals surface area contributed by atoms with Crippen LogP contribution in [0.25, 0.3) is 22.3 Å². The van der Waals surface area contributed by atoms with Gasteiger partial charge in [0.05, 0.1) is 70.7 Å². The summed E-state index contributed by atoms with van der Waals surface area (Å²) in [6, 6.07) is 16.6. The van der Waals surface area contributed by atoms with Crippen LogP contribution < -0.4 is 5.32 Å². The Morgan fingerprint density at radius 2 is 1.20 bits per heavy atom. The van der Waals surface area contributed by atoms with Gasteiger partial charge in [0.2, 0.25) is 0 Å². The quantitative estimate of drug-likeness (QED) is 0.201. The van der Waals surface area contributed by atoms with Gasteiger partial charge in [-0.3, -0.25) is 4.98 Å². The molecule has 1 heterocycles. The first-order valence-corrected chi connectivity index (χ1v) is 13.2. The number of aromatic nitrogens is 1. The molecule has 0 saturated heterocycles. The van der Waals surface area contributed by atoms with Crippen LogP contribution in [0.2, 0.25) is 0 Å². The minimum Gasteiger partial charge on any atom is -0.382 e. The van der Waals surface area contributed by atoms with Gasteiger partial charge in [0.15, 0.2) is 0 Å². The maximum absolute atomic E-state index is 13.1. The van der Waals surface area contributed by atoms with Crippen molar-refractivity contribution in [3.63, 3.8) is 0 Å². The van der Waals surface area contributed by atoms with Crippen LogP contribution in [-0.2, 0) is 36.5 Å². The number of benzene rings is 2. The van der Waals surface area contributed by atoms with Crippen LogP contribution in [0.1, 0.15) is 11.3 Å². The van der Waals surface area contributed by atoms with E-state index in [4.69, 9.17) is 23.7 Å². The van der Waals surface area contributed by atoms with E-state index in [9.17, 15) is 13.2 Å². The third kappa shape index (κ3) is 11.7. The van der Waals surface area contributed by atoms with Gasteiger partial charge in [-0.25, -0.2) is 0 Å². The van der Waals surface area contributed by atoms with E-state index in [1.54, 1.807) is 25.4 Å². The highest BCUT2D eigenvalue weighted by atomic mass is 19.4. The number of methoxy groups -OCH3 is 1. The van der Waals surface area contributed by atoms with Crippen LogP contribution in [0.4, 0.5) is 13.2 Å². The highest BCUT2D eigenvalue weighted by molar-refractivity contribution is 5.73. The number of hydrogen-bond acceptors (Lipinski definition) is 7. The predicted octanol–water partition coefficient (Wildman–Crippen LogP) is 5.24. The van der Waals surface area contributed by atoms with E-state index in [0.29, 0.717) is 83.7 Å². The maximum Gasteiger partial charge on any atom is 0.416 e. The summed E-state index contributed by atoms with van der Waals surface area (Å²) in [4.78, 5) is 4.38. The van der Waals surface area contributed by atoms with Gasteiger partial charge in [0, 0.05) is 26.4 Å². The van der Waals surface area contributed by atoms with Gasteiger partial charge in [-0.05, 0) is 52.6 Å². The summed E-state index contributed by atoms with van der Waals surface area (Å²) >= 11 is 0. The molecule has 40 heavy (non-hydrogen) atoms. The Labute approximate surface area is 233 Å². The lowest BCUT2D eigenvalue weighted by Crippen LogP contribution is -2.24. The molecule has 0 aliphatic rings. The molecular formula is C30H37F3N2O5. The highest BCUT2D eigenvalue weighted by Crippen LogP contribution is 2.33. The molecule has 2 aromatic carbocycles. The Morgan fingerprint density at radius 3 is 1.85 bits per heavy atom. The summed E-state index contributed by atoms with van der Waals surface area (Å²) in [6.07, 6.45) is -2.68. The van der Waals surface area contributed by atoms with E-state index in [-0.39, 0.29) is 0 Å². The van der Waals surface area contributed by atoms with E-state index in [2.05, 4.69) is 10.3 Å². The first kappa shape index (κ1) is 31.7. The molecule has 0 fully saturated rings. The number of rotatable bonds is 19. The van der Waals surface area contributed by atoms with Gasteiger partial charge >= 0.3 is 6.18 Å². The minimum atomic E-state index is -4.38. The molecule has 0 unspecified atom stereocenters. The molecule has 0 bridgehead atoms. The van der Waals surface area contributed by atoms with Gasteiger partial charge in [-0.2, -0.15) is 13.2 Å². The lowest BCUT2D eigenvalue weighted by Gasteiger charge is -2.11. The maximum atomic E-state index is 13.1. The Kier molecular flexibility index (Phi) is 14.1. The Morgan fingerprint density at radius 1 is 0.650 bits per heavy atom. The average molecular weight is 563 g/mol. The highest BCUT2D eigenvalue weighted by Gasteiger charge is 2.30. The van der Waals surface area contributed by atoms with Crippen LogP contribution in [0.3, 0.4) is 0 Å². The molecule has 0 amide bonds. The molecule has 218 valence electrons. The number of halogens is 3. The molecule has 3 aromatic rings. The third-order valence-electron chi connectivity index (χ3n) is 5.81. The van der Waals surface area contributed by atoms with Crippen LogP contribution in [0.5, 0.6) is 0 Å². The summed E-state index contributed by atoms with van der Waals surface area (Å²) in [7, 11) is 1.64. The SMILES string of the molecule is COCCOCCOCCOCCNCCOCc1cc(-c2cccc(-c3cccc(C(F)(F)F)c3)c2)ccn1. The van der Waals surface area contributed by atoms with Crippen molar-refractivity contribution < 1.29 is 36.9 Å². The van der Waals surface area contributed by atoms with Gasteiger partial charge in [-0.15, -0.1) is 0 Å². The third-order valence-corrected chi connectivity index (χ3v) is 5.81. The number of nitrogens with zero attached hydrogens (tertiary/aromatic N) is 1. The second-order valence-electron chi connectivity index (χ2n) is 8.83. The molecule has 0 aliphatic carbocycles. The number of hydrogen-bond donors (Lipinski definition) is 1. The predicted molar refractivity (Wildman–Crippen MR) is 147 cm³/mol. The van der Waals surface area contributed by atoms with Crippen molar-refractivity contribution in [2.24, 2.45) is 0 Å². The Bertz CT molecular complexity index is 1130. The lowest BCUT2D eigenvalue weighted by atomic mass is 9.98. The van der Waals surface area contributed by atoms with Crippen molar-refractivity contribution in [3.05, 3.63) is 78.1 Å². The zero-order valence-corrected chi connectivity index (χ0v) is 22.8. The normalized spacial score (nSPS) is 11.7. The van der Waals surface area contributed by atoms with E-state index in [0.717, 1.165) is 22.9 Å². The molecule has 0 spiro atoms. The van der Waals surface area contributed by atoms with Gasteiger partial charge < -0.3 is 29.0 Å². The van der Waals surface area contributed by atoms with Crippen molar-refractivity contribution in [1.82, 2.24) is 10.3 Å². The largest absolute Gasteiger partial charge is 0.416 e. The van der Waals surface area contributed by atoms with Gasteiger partial charge in [0.1, 0.15) is 0 Å². The molecule has 0 radical (unpaired) electrons. The summed E-state index contributed by atoms with van der Waals surface area (Å²) in [5.74, 6) is 0. The van der Waals surface area contributed by atoms with Gasteiger partial charge in [0.25, 0.3) is 0 Å². The fourth-order valence-corrected chi connectivity index (χ4v) is 3.76. The monoisotopic (exact) mass is 562 g/mol. The van der Waals surface area contributed by atoms with Crippen LogP contribution in [0, 0.1) is 0 Å². The fourth-order valence-electron chi connectivity index (χ4n) is 3.76. The number of ether oxygens (including phenoxy) is 5. The first-order valence-electron chi connectivity index (χ1n) is 13.2. The molecule has 0 aliphatic heterocycles. The van der Waals surface area contributed by atoms with Crippen LogP contribution in [0.15, 0.2) is 66.9 Å². The van der Waals surface area contributed by atoms with Gasteiger partial charge in [-0.1, -0.05) is 30.3 Å². The number of alkyl halides is 3. The van der Waals surface area contributed by atoms with E-state index in [1.807, 2.05) is 30.3 Å². The molecular weight excluding hydrogens is 525 g/mol. The molecule has 1 N–H and O–H groups in total. The minimum absolute atomic E-state index is 0.353. The summed E-state index contributed by atoms with van der Waals surface area (Å²) in [6.45, 7) is 6.12. The average Bonchev–Trinajstić information content (AvgIpc) is 2.97. The fraction of sp³-hybridized carbons (Fsp3) is 0.433. The molecule has 7 nitrogen and oxygen atoms in total. The summed E-state index contributed by atoms with van der Waals surface area (Å²) in [5, 5.41) is 3.26. The van der Waals surface area contributed by atoms with Crippen molar-refractivity contribution in [2.75, 3.05) is 73.1 Å². The smallest absolute Gasteiger partial charge is 0.382 e. The number of nitrogens with one attached hydrogen (secondary N) is 1. The number of pyridine rings is 1. The summed E-state index contributed by atoms with van der Waals surface area (Å²) < 4.78 is 66.3. The van der Waals surface area contributed by atoms with Crippen molar-refractivity contribution >= 4 is 0 Å². The lowest BCUT2D eigenvalue weighted by molar-refractivity contribution is -0.137. The molecule has 10 heteroatoms. The topological polar surface area (TPSA) is 71.1 Å². The summed E-state index contributed by atoms with van der Waals surface area (Å²) in [5.41, 5.74) is 3.14. The van der Waals surface area contributed by atoms with Crippen molar-refractivity contribution in [3.8, 4) is 22.3 Å². The Balaban J connectivity index is 1.33. The zero-order valence-electron chi connectivity index (χ0n) is 22.8. The standard InChI is InChI=1S/C30H37F3N2O5/c1-36-14-15-38-18-19-39-17-16-37-12-10-34-11-13-40-23-29-22-27(8-9-35-29)25-5-2-4-24(20-25)26-6-3-7-28(21-26)30(31,32)33/h2-9,20-22,34H,10-19,23H2,1H3. The van der Waals surface area contributed by atoms with Crippen molar-refractivity contribution in [1.29, 1.82) is 0 Å². The molecule has 0 saturated carbocycles. The Hall–Kier alpha value is -2.86. The van der Waals surface area contributed by atoms with Crippen LogP contribution >= 0.6 is 0 Å².